The van der Waals surface area contributed by atoms with Crippen molar-refractivity contribution in [3.8, 4) is 0 Å². The van der Waals surface area contributed by atoms with E-state index in [-0.39, 0.29) is 5.69 Å². The molecular formula is C17H23N7O2. The fourth-order valence-electron chi connectivity index (χ4n) is 2.99. The largest absolute Gasteiger partial charge is 0.464 e. The zero-order chi connectivity index (χ0) is 18.1. The van der Waals surface area contributed by atoms with Crippen LogP contribution < -0.4 is 10.2 Å². The predicted molar refractivity (Wildman–Crippen MR) is 96.9 cm³/mol. The van der Waals surface area contributed by atoms with Crippen LogP contribution in [-0.4, -0.2) is 71.4 Å². The number of aromatic amines is 1. The van der Waals surface area contributed by atoms with Gasteiger partial charge in [-0.3, -0.25) is 5.10 Å². The Morgan fingerprint density at radius 1 is 1.19 bits per heavy atom. The van der Waals surface area contributed by atoms with Crippen molar-refractivity contribution in [2.24, 2.45) is 0 Å². The molecule has 1 saturated carbocycles. The molecule has 2 fully saturated rings. The Morgan fingerprint density at radius 3 is 2.65 bits per heavy atom. The summed E-state index contributed by atoms with van der Waals surface area (Å²) in [6, 6.07) is 3.59. The second kappa shape index (κ2) is 6.91. The Labute approximate surface area is 151 Å². The van der Waals surface area contributed by atoms with Gasteiger partial charge in [0.2, 0.25) is 5.95 Å². The highest BCUT2D eigenvalue weighted by molar-refractivity contribution is 5.88. The summed E-state index contributed by atoms with van der Waals surface area (Å²) in [5, 5.41) is 10.5. The molecule has 0 unspecified atom stereocenters. The van der Waals surface area contributed by atoms with Gasteiger partial charge in [-0.05, 0) is 19.9 Å². The number of rotatable bonds is 5. The summed E-state index contributed by atoms with van der Waals surface area (Å²) in [6.45, 7) is 3.49. The molecule has 4 rings (SSSR count). The van der Waals surface area contributed by atoms with Crippen LogP contribution in [0.15, 0.2) is 12.1 Å². The van der Waals surface area contributed by atoms with Gasteiger partial charge in [0.25, 0.3) is 0 Å². The normalized spacial score (nSPS) is 18.0. The average Bonchev–Trinajstić information content (AvgIpc) is 3.41. The molecule has 0 spiro atoms. The maximum atomic E-state index is 12.0. The molecule has 1 aliphatic carbocycles. The Balaban J connectivity index is 1.59. The molecule has 0 bridgehead atoms. The lowest BCUT2D eigenvalue weighted by Crippen LogP contribution is -2.45. The monoisotopic (exact) mass is 357 g/mol. The first-order chi connectivity index (χ1) is 12.6. The minimum atomic E-state index is -0.480. The lowest BCUT2D eigenvalue weighted by molar-refractivity contribution is 0.0594. The summed E-state index contributed by atoms with van der Waals surface area (Å²) in [7, 11) is 3.44. The lowest BCUT2D eigenvalue weighted by Gasteiger charge is -2.32. The van der Waals surface area contributed by atoms with Crippen molar-refractivity contribution in [1.29, 1.82) is 0 Å². The van der Waals surface area contributed by atoms with Crippen LogP contribution in [0.25, 0.3) is 0 Å². The van der Waals surface area contributed by atoms with E-state index in [4.69, 9.17) is 4.74 Å². The van der Waals surface area contributed by atoms with Crippen molar-refractivity contribution >= 4 is 23.6 Å². The van der Waals surface area contributed by atoms with E-state index in [9.17, 15) is 4.79 Å². The van der Waals surface area contributed by atoms with Crippen LogP contribution >= 0.6 is 0 Å². The van der Waals surface area contributed by atoms with Gasteiger partial charge in [0, 0.05) is 49.9 Å². The first-order valence-corrected chi connectivity index (χ1v) is 8.85. The molecule has 2 N–H and O–H groups in total. The van der Waals surface area contributed by atoms with Crippen molar-refractivity contribution in [3.63, 3.8) is 0 Å². The molecular weight excluding hydrogens is 334 g/mol. The average molecular weight is 357 g/mol. The summed E-state index contributed by atoms with van der Waals surface area (Å²) in [5.74, 6) is 1.86. The number of hydrogen-bond acceptors (Lipinski definition) is 8. The summed E-state index contributed by atoms with van der Waals surface area (Å²) >= 11 is 0. The fraction of sp³-hybridized carbons (Fsp3) is 0.529. The van der Waals surface area contributed by atoms with Crippen molar-refractivity contribution < 1.29 is 9.53 Å². The van der Waals surface area contributed by atoms with Gasteiger partial charge in [-0.1, -0.05) is 0 Å². The molecule has 138 valence electrons. The number of nitrogens with one attached hydrogen (secondary N) is 2. The number of carbonyl (C=O) groups is 1. The third-order valence-electron chi connectivity index (χ3n) is 4.77. The predicted octanol–water partition coefficient (Wildman–Crippen LogP) is 1.36. The van der Waals surface area contributed by atoms with Gasteiger partial charge >= 0.3 is 5.97 Å². The highest BCUT2D eigenvalue weighted by Crippen LogP contribution is 2.39. The van der Waals surface area contributed by atoms with Crippen LogP contribution in [0.3, 0.4) is 0 Å². The van der Waals surface area contributed by atoms with E-state index in [2.05, 4.69) is 42.3 Å². The number of esters is 1. The zero-order valence-electron chi connectivity index (χ0n) is 15.0. The van der Waals surface area contributed by atoms with Gasteiger partial charge in [0.1, 0.15) is 5.82 Å². The number of anilines is 3. The highest BCUT2D eigenvalue weighted by Gasteiger charge is 2.26. The number of methoxy groups -OCH3 is 1. The minimum absolute atomic E-state index is 0.233. The first kappa shape index (κ1) is 16.8. The highest BCUT2D eigenvalue weighted by atomic mass is 16.5. The smallest absolute Gasteiger partial charge is 0.356 e. The summed E-state index contributed by atoms with van der Waals surface area (Å²) in [4.78, 5) is 25.3. The summed E-state index contributed by atoms with van der Waals surface area (Å²) in [6.07, 6.45) is 2.41. The maximum absolute atomic E-state index is 12.0. The molecule has 2 aromatic heterocycles. The number of likely N-dealkylation sites (N-methyl/N-ethyl adjacent to an activating group) is 1. The molecule has 0 atom stereocenters. The zero-order valence-corrected chi connectivity index (χ0v) is 15.0. The van der Waals surface area contributed by atoms with Gasteiger partial charge in [0.05, 0.1) is 7.11 Å². The van der Waals surface area contributed by atoms with E-state index in [1.54, 1.807) is 6.07 Å². The van der Waals surface area contributed by atoms with E-state index in [0.717, 1.165) is 31.9 Å². The third kappa shape index (κ3) is 3.62. The number of aromatic nitrogens is 4. The maximum Gasteiger partial charge on any atom is 0.356 e. The number of H-pyrrole nitrogens is 1. The molecule has 9 heteroatoms. The van der Waals surface area contributed by atoms with Gasteiger partial charge in [-0.2, -0.15) is 10.1 Å². The van der Waals surface area contributed by atoms with Gasteiger partial charge < -0.3 is 19.9 Å². The van der Waals surface area contributed by atoms with E-state index in [0.29, 0.717) is 23.5 Å². The van der Waals surface area contributed by atoms with Gasteiger partial charge in [-0.15, -0.1) is 0 Å². The number of nitrogens with zero attached hydrogens (tertiary/aromatic N) is 5. The van der Waals surface area contributed by atoms with Crippen molar-refractivity contribution in [1.82, 2.24) is 25.1 Å². The van der Waals surface area contributed by atoms with Crippen molar-refractivity contribution in [3.05, 3.63) is 23.5 Å². The molecule has 26 heavy (non-hydrogen) atoms. The van der Waals surface area contributed by atoms with E-state index < -0.39 is 5.97 Å². The summed E-state index contributed by atoms with van der Waals surface area (Å²) in [5.41, 5.74) is 1.37. The van der Waals surface area contributed by atoms with Crippen LogP contribution in [-0.2, 0) is 4.74 Å². The second-order valence-corrected chi connectivity index (χ2v) is 6.83. The Hall–Kier alpha value is -2.68. The van der Waals surface area contributed by atoms with Crippen LogP contribution in [0.4, 0.5) is 17.6 Å². The second-order valence-electron chi connectivity index (χ2n) is 6.83. The minimum Gasteiger partial charge on any atom is -0.464 e. The first-order valence-electron chi connectivity index (χ1n) is 8.85. The SMILES string of the molecule is COC(=O)c1cc(Nc2cc(C3CC3)[nH]n2)nc(N2CCN(C)CC2)n1. The molecule has 3 heterocycles. The molecule has 0 amide bonds. The molecule has 1 saturated heterocycles. The van der Waals surface area contributed by atoms with E-state index in [1.165, 1.54) is 20.0 Å². The summed E-state index contributed by atoms with van der Waals surface area (Å²) < 4.78 is 4.84. The quantitative estimate of drug-likeness (QED) is 0.774. The van der Waals surface area contributed by atoms with Gasteiger partial charge in [0.15, 0.2) is 11.5 Å². The topological polar surface area (TPSA) is 99.3 Å². The molecule has 0 radical (unpaired) electrons. The van der Waals surface area contributed by atoms with Crippen LogP contribution in [0.1, 0.15) is 34.9 Å². The van der Waals surface area contributed by atoms with Crippen molar-refractivity contribution in [2.45, 2.75) is 18.8 Å². The van der Waals surface area contributed by atoms with Crippen molar-refractivity contribution in [2.75, 3.05) is 50.6 Å². The molecule has 1 aliphatic heterocycles. The number of piperazine rings is 1. The van der Waals surface area contributed by atoms with Crippen LogP contribution in [0.2, 0.25) is 0 Å². The van der Waals surface area contributed by atoms with E-state index in [1.807, 2.05) is 6.07 Å². The number of ether oxygens (including phenoxy) is 1. The number of carbonyl (C=O) groups excluding carboxylic acids is 1. The van der Waals surface area contributed by atoms with Crippen LogP contribution in [0, 0.1) is 0 Å². The molecule has 0 aromatic carbocycles. The Morgan fingerprint density at radius 2 is 1.96 bits per heavy atom. The molecule has 2 aliphatic rings. The van der Waals surface area contributed by atoms with E-state index >= 15 is 0 Å². The molecule has 9 nitrogen and oxygen atoms in total. The Kier molecular flexibility index (Phi) is 4.46. The molecule has 2 aromatic rings. The third-order valence-corrected chi connectivity index (χ3v) is 4.77. The number of hydrogen-bond donors (Lipinski definition) is 2. The van der Waals surface area contributed by atoms with Crippen LogP contribution in [0.5, 0.6) is 0 Å². The lowest BCUT2D eigenvalue weighted by atomic mass is 10.3. The fourth-order valence-corrected chi connectivity index (χ4v) is 2.99. The standard InChI is InChI=1S/C17H23N7O2/c1-23-5-7-24(8-6-23)17-18-13(16(25)26-2)10-14(20-17)19-15-9-12(21-22-15)11-3-4-11/h9-11H,3-8H2,1-2H3,(H2,18,19,20,21,22). The Bertz CT molecular complexity index is 794. The van der Waals surface area contributed by atoms with Gasteiger partial charge in [-0.25, -0.2) is 9.78 Å².